The molecule has 72 valence electrons. The summed E-state index contributed by atoms with van der Waals surface area (Å²) in [5.74, 6) is -0.110. The third kappa shape index (κ3) is 1.48. The van der Waals surface area contributed by atoms with E-state index in [1.165, 1.54) is 23.4 Å². The molecule has 0 saturated heterocycles. The van der Waals surface area contributed by atoms with E-state index in [0.717, 1.165) is 0 Å². The first-order valence-corrected chi connectivity index (χ1v) is 4.54. The van der Waals surface area contributed by atoms with Gasteiger partial charge in [-0.25, -0.2) is 14.1 Å². The number of alkyl halides is 1. The van der Waals surface area contributed by atoms with E-state index in [1.54, 1.807) is 12.1 Å². The van der Waals surface area contributed by atoms with Crippen LogP contribution >= 0.6 is 11.6 Å². The fourth-order valence-corrected chi connectivity index (χ4v) is 1.46. The van der Waals surface area contributed by atoms with Gasteiger partial charge in [-0.05, 0) is 11.6 Å². The molecule has 3 nitrogen and oxygen atoms in total. The zero-order valence-corrected chi connectivity index (χ0v) is 7.95. The minimum Gasteiger partial charge on any atom is -0.223 e. The number of halogens is 2. The lowest BCUT2D eigenvalue weighted by Gasteiger charge is -2.06. The summed E-state index contributed by atoms with van der Waals surface area (Å²) in [7, 11) is 0. The number of hydrogen-bond acceptors (Lipinski definition) is 2. The lowest BCUT2D eigenvalue weighted by Crippen LogP contribution is -2.02. The van der Waals surface area contributed by atoms with Gasteiger partial charge in [0.25, 0.3) is 0 Å². The van der Waals surface area contributed by atoms with E-state index < -0.39 is 0 Å². The molecule has 0 aliphatic rings. The van der Waals surface area contributed by atoms with Gasteiger partial charge < -0.3 is 0 Å². The number of benzene rings is 1. The second-order valence-corrected chi connectivity index (χ2v) is 2.99. The molecule has 0 fully saturated rings. The number of rotatable bonds is 2. The highest BCUT2D eigenvalue weighted by molar-refractivity contribution is 6.17. The maximum atomic E-state index is 13.5. The Labute approximate surface area is 85.1 Å². The van der Waals surface area contributed by atoms with E-state index >= 15 is 0 Å². The maximum absolute atomic E-state index is 13.5. The molecule has 0 bridgehead atoms. The van der Waals surface area contributed by atoms with Crippen molar-refractivity contribution in [1.29, 1.82) is 0 Å². The van der Waals surface area contributed by atoms with Crippen LogP contribution in [0, 0.1) is 5.82 Å². The molecule has 0 N–H and O–H groups in total. The van der Waals surface area contributed by atoms with Gasteiger partial charge in [0.2, 0.25) is 0 Å². The summed E-state index contributed by atoms with van der Waals surface area (Å²) in [4.78, 5) is 3.76. The van der Waals surface area contributed by atoms with Crippen LogP contribution < -0.4 is 0 Å². The van der Waals surface area contributed by atoms with Gasteiger partial charge in [0.1, 0.15) is 24.2 Å². The van der Waals surface area contributed by atoms with Crippen LogP contribution in [0.25, 0.3) is 5.69 Å². The standard InChI is InChI=1S/C9H7ClFN3/c10-4-7-2-1-3-8(11)9(7)14-6-12-5-13-14/h1-3,5-6H,4H2. The zero-order chi connectivity index (χ0) is 9.97. The van der Waals surface area contributed by atoms with Crippen LogP contribution in [0.15, 0.2) is 30.9 Å². The Balaban J connectivity index is 2.61. The molecule has 0 saturated carbocycles. The van der Waals surface area contributed by atoms with Crippen LogP contribution in [0.4, 0.5) is 4.39 Å². The molecule has 0 aliphatic heterocycles. The molecule has 1 heterocycles. The Kier molecular flexibility index (Phi) is 2.45. The maximum Gasteiger partial charge on any atom is 0.149 e. The van der Waals surface area contributed by atoms with Gasteiger partial charge in [0.05, 0.1) is 0 Å². The molecular formula is C9H7ClFN3. The lowest BCUT2D eigenvalue weighted by atomic mass is 10.2. The summed E-state index contributed by atoms with van der Waals surface area (Å²) in [6.45, 7) is 0. The Morgan fingerprint density at radius 2 is 2.29 bits per heavy atom. The van der Waals surface area contributed by atoms with Crippen molar-refractivity contribution in [2.45, 2.75) is 5.88 Å². The smallest absolute Gasteiger partial charge is 0.149 e. The first-order valence-electron chi connectivity index (χ1n) is 4.01. The largest absolute Gasteiger partial charge is 0.223 e. The Morgan fingerprint density at radius 3 is 2.93 bits per heavy atom. The highest BCUT2D eigenvalue weighted by atomic mass is 35.5. The molecule has 0 radical (unpaired) electrons. The molecule has 0 amide bonds. The highest BCUT2D eigenvalue weighted by Crippen LogP contribution is 2.18. The van der Waals surface area contributed by atoms with Crippen molar-refractivity contribution in [3.05, 3.63) is 42.2 Å². The van der Waals surface area contributed by atoms with Crippen LogP contribution in [0.2, 0.25) is 0 Å². The topological polar surface area (TPSA) is 30.7 Å². The van der Waals surface area contributed by atoms with Crippen molar-refractivity contribution in [2.24, 2.45) is 0 Å². The summed E-state index contributed by atoms with van der Waals surface area (Å²) in [5, 5.41) is 3.86. The van der Waals surface area contributed by atoms with Crippen LogP contribution in [-0.2, 0) is 5.88 Å². The fraction of sp³-hybridized carbons (Fsp3) is 0.111. The average molecular weight is 212 g/mol. The van der Waals surface area contributed by atoms with E-state index in [2.05, 4.69) is 10.1 Å². The average Bonchev–Trinajstić information content (AvgIpc) is 2.70. The quantitative estimate of drug-likeness (QED) is 0.713. The van der Waals surface area contributed by atoms with E-state index in [0.29, 0.717) is 11.3 Å². The Morgan fingerprint density at radius 1 is 1.43 bits per heavy atom. The van der Waals surface area contributed by atoms with Crippen molar-refractivity contribution >= 4 is 11.6 Å². The molecular weight excluding hydrogens is 205 g/mol. The molecule has 0 spiro atoms. The number of nitrogens with zero attached hydrogens (tertiary/aromatic N) is 3. The summed E-state index contributed by atoms with van der Waals surface area (Å²) in [6, 6.07) is 4.74. The summed E-state index contributed by atoms with van der Waals surface area (Å²) in [6.07, 6.45) is 2.79. The molecule has 2 aromatic rings. The molecule has 0 atom stereocenters. The molecule has 2 rings (SSSR count). The predicted molar refractivity (Wildman–Crippen MR) is 50.9 cm³/mol. The van der Waals surface area contributed by atoms with Crippen LogP contribution in [0.3, 0.4) is 0 Å². The highest BCUT2D eigenvalue weighted by Gasteiger charge is 2.09. The third-order valence-electron chi connectivity index (χ3n) is 1.86. The van der Waals surface area contributed by atoms with Crippen molar-refractivity contribution in [3.8, 4) is 5.69 Å². The lowest BCUT2D eigenvalue weighted by molar-refractivity contribution is 0.608. The van der Waals surface area contributed by atoms with Gasteiger partial charge in [0.15, 0.2) is 0 Å². The van der Waals surface area contributed by atoms with Gasteiger partial charge in [-0.3, -0.25) is 0 Å². The minimum absolute atomic E-state index is 0.243. The van der Waals surface area contributed by atoms with Gasteiger partial charge in [0, 0.05) is 5.88 Å². The zero-order valence-electron chi connectivity index (χ0n) is 7.19. The fourth-order valence-electron chi connectivity index (χ4n) is 1.25. The van der Waals surface area contributed by atoms with E-state index in [1.807, 2.05) is 0 Å². The first-order chi connectivity index (χ1) is 6.83. The third-order valence-corrected chi connectivity index (χ3v) is 2.15. The van der Waals surface area contributed by atoms with Gasteiger partial charge >= 0.3 is 0 Å². The number of hydrogen-bond donors (Lipinski definition) is 0. The molecule has 1 aromatic heterocycles. The Hall–Kier alpha value is -1.42. The molecule has 1 aromatic carbocycles. The number of aromatic nitrogens is 3. The first kappa shape index (κ1) is 9.15. The van der Waals surface area contributed by atoms with E-state index in [-0.39, 0.29) is 11.7 Å². The van der Waals surface area contributed by atoms with Crippen molar-refractivity contribution < 1.29 is 4.39 Å². The molecule has 0 aliphatic carbocycles. The molecule has 5 heteroatoms. The second kappa shape index (κ2) is 3.75. The van der Waals surface area contributed by atoms with Gasteiger partial charge in [-0.2, -0.15) is 5.10 Å². The molecule has 0 unspecified atom stereocenters. The van der Waals surface area contributed by atoms with Crippen LogP contribution in [-0.4, -0.2) is 14.8 Å². The normalized spacial score (nSPS) is 10.4. The van der Waals surface area contributed by atoms with Crippen molar-refractivity contribution in [1.82, 2.24) is 14.8 Å². The minimum atomic E-state index is -0.353. The van der Waals surface area contributed by atoms with Gasteiger partial charge in [-0.1, -0.05) is 12.1 Å². The molecule has 14 heavy (non-hydrogen) atoms. The van der Waals surface area contributed by atoms with Crippen molar-refractivity contribution in [3.63, 3.8) is 0 Å². The van der Waals surface area contributed by atoms with Crippen LogP contribution in [0.5, 0.6) is 0 Å². The number of para-hydroxylation sites is 1. The van der Waals surface area contributed by atoms with Crippen molar-refractivity contribution in [2.75, 3.05) is 0 Å². The van der Waals surface area contributed by atoms with Crippen LogP contribution in [0.1, 0.15) is 5.56 Å². The van der Waals surface area contributed by atoms with Gasteiger partial charge in [-0.15, -0.1) is 11.6 Å². The van der Waals surface area contributed by atoms with E-state index in [9.17, 15) is 4.39 Å². The summed E-state index contributed by atoms with van der Waals surface area (Å²) < 4.78 is 14.8. The second-order valence-electron chi connectivity index (χ2n) is 2.72. The van der Waals surface area contributed by atoms with E-state index in [4.69, 9.17) is 11.6 Å². The Bertz CT molecular complexity index is 428. The predicted octanol–water partition coefficient (Wildman–Crippen LogP) is 2.15. The summed E-state index contributed by atoms with van der Waals surface area (Å²) in [5.41, 5.74) is 1.05. The SMILES string of the molecule is Fc1cccc(CCl)c1-n1cncn1. The monoisotopic (exact) mass is 211 g/mol. The summed E-state index contributed by atoms with van der Waals surface area (Å²) >= 11 is 5.69.